The van der Waals surface area contributed by atoms with Crippen LogP contribution in [0.5, 0.6) is 5.75 Å². The van der Waals surface area contributed by atoms with E-state index in [0.717, 1.165) is 11.1 Å². The maximum Gasteiger partial charge on any atom is 0.416 e. The van der Waals surface area contributed by atoms with Gasteiger partial charge in [0.2, 0.25) is 0 Å². The Balaban J connectivity index is 0.00000136. The van der Waals surface area contributed by atoms with Crippen molar-refractivity contribution < 1.29 is 31.1 Å². The van der Waals surface area contributed by atoms with Crippen LogP contribution in [-0.2, 0) is 32.0 Å². The van der Waals surface area contributed by atoms with Crippen molar-refractivity contribution in [2.75, 3.05) is 7.05 Å². The molecule has 3 rings (SSSR count). The van der Waals surface area contributed by atoms with Gasteiger partial charge in [-0.1, -0.05) is 26.0 Å². The summed E-state index contributed by atoms with van der Waals surface area (Å²) >= 11 is 0. The summed E-state index contributed by atoms with van der Waals surface area (Å²) in [5, 5.41) is 0. The van der Waals surface area contributed by atoms with E-state index in [-0.39, 0.29) is 18.2 Å². The zero-order valence-corrected chi connectivity index (χ0v) is 15.7. The first-order valence-corrected chi connectivity index (χ1v) is 8.74. The lowest BCUT2D eigenvalue weighted by atomic mass is 10.0. The fraction of sp³-hybridized carbons (Fsp3) is 0.400. The van der Waals surface area contributed by atoms with Crippen LogP contribution in [0.3, 0.4) is 0 Å². The Labute approximate surface area is 159 Å². The van der Waals surface area contributed by atoms with Crippen LogP contribution in [0.4, 0.5) is 26.3 Å². The van der Waals surface area contributed by atoms with Gasteiger partial charge in [-0.05, 0) is 42.4 Å². The summed E-state index contributed by atoms with van der Waals surface area (Å²) in [7, 11) is 1.91. The zero-order valence-electron chi connectivity index (χ0n) is 15.7. The average molecular weight is 405 g/mol. The normalized spacial score (nSPS) is 14.3. The van der Waals surface area contributed by atoms with E-state index in [2.05, 4.69) is 0 Å². The molecule has 154 valence electrons. The number of alkyl halides is 6. The number of hydrogen-bond donors (Lipinski definition) is 0. The molecule has 8 heteroatoms. The lowest BCUT2D eigenvalue weighted by Crippen LogP contribution is -2.12. The Bertz CT molecular complexity index is 781. The van der Waals surface area contributed by atoms with Gasteiger partial charge in [-0.2, -0.15) is 26.3 Å². The van der Waals surface area contributed by atoms with E-state index in [9.17, 15) is 26.3 Å². The van der Waals surface area contributed by atoms with E-state index >= 15 is 0 Å². The van der Waals surface area contributed by atoms with E-state index in [4.69, 9.17) is 4.74 Å². The van der Waals surface area contributed by atoms with Crippen molar-refractivity contribution in [1.82, 2.24) is 4.90 Å². The summed E-state index contributed by atoms with van der Waals surface area (Å²) in [5.41, 5.74) is -0.938. The maximum atomic E-state index is 12.9. The predicted octanol–water partition coefficient (Wildman–Crippen LogP) is 6.27. The third-order valence-electron chi connectivity index (χ3n) is 4.14. The summed E-state index contributed by atoms with van der Waals surface area (Å²) in [4.78, 5) is 2.03. The van der Waals surface area contributed by atoms with E-state index < -0.39 is 23.5 Å². The second-order valence-corrected chi connectivity index (χ2v) is 6.27. The van der Waals surface area contributed by atoms with Crippen molar-refractivity contribution in [2.45, 2.75) is 45.9 Å². The predicted molar refractivity (Wildman–Crippen MR) is 93.7 cm³/mol. The van der Waals surface area contributed by atoms with Crippen LogP contribution in [0.15, 0.2) is 36.4 Å². The van der Waals surface area contributed by atoms with E-state index in [0.29, 0.717) is 31.0 Å². The number of rotatable bonds is 3. The molecular formula is C20H21F6NO. The van der Waals surface area contributed by atoms with Gasteiger partial charge in [0, 0.05) is 18.7 Å². The van der Waals surface area contributed by atoms with Gasteiger partial charge in [-0.25, -0.2) is 0 Å². The number of fused-ring (bicyclic) bond motifs is 1. The van der Waals surface area contributed by atoms with Gasteiger partial charge in [-0.3, -0.25) is 4.90 Å². The molecule has 0 amide bonds. The van der Waals surface area contributed by atoms with E-state index in [1.54, 1.807) is 12.1 Å². The highest BCUT2D eigenvalue weighted by molar-refractivity contribution is 5.43. The minimum Gasteiger partial charge on any atom is -0.489 e. The van der Waals surface area contributed by atoms with E-state index in [1.165, 1.54) is 0 Å². The molecule has 0 radical (unpaired) electrons. The van der Waals surface area contributed by atoms with Gasteiger partial charge >= 0.3 is 12.4 Å². The van der Waals surface area contributed by atoms with Crippen LogP contribution in [0.2, 0.25) is 0 Å². The third kappa shape index (κ3) is 5.19. The molecule has 1 aliphatic rings. The Hall–Kier alpha value is -2.22. The highest BCUT2D eigenvalue weighted by Gasteiger charge is 2.37. The molecule has 0 aliphatic carbocycles. The molecular weight excluding hydrogens is 384 g/mol. The molecule has 0 atom stereocenters. The number of hydrogen-bond acceptors (Lipinski definition) is 2. The lowest BCUT2D eigenvalue weighted by molar-refractivity contribution is -0.143. The van der Waals surface area contributed by atoms with Gasteiger partial charge in [0.05, 0.1) is 11.1 Å². The van der Waals surface area contributed by atoms with Crippen LogP contribution in [0.25, 0.3) is 0 Å². The second kappa shape index (κ2) is 8.43. The van der Waals surface area contributed by atoms with Gasteiger partial charge < -0.3 is 4.74 Å². The summed E-state index contributed by atoms with van der Waals surface area (Å²) in [6.07, 6.45) is -9.74. The van der Waals surface area contributed by atoms with Gasteiger partial charge in [0.1, 0.15) is 12.4 Å². The molecule has 0 spiro atoms. The van der Waals surface area contributed by atoms with Gasteiger partial charge in [-0.15, -0.1) is 0 Å². The molecule has 0 bridgehead atoms. The molecule has 0 saturated carbocycles. The molecule has 0 unspecified atom stereocenters. The molecule has 28 heavy (non-hydrogen) atoms. The first-order valence-electron chi connectivity index (χ1n) is 8.74. The molecule has 0 N–H and O–H groups in total. The monoisotopic (exact) mass is 405 g/mol. The fourth-order valence-electron chi connectivity index (χ4n) is 2.95. The highest BCUT2D eigenvalue weighted by atomic mass is 19.4. The number of benzene rings is 2. The Morgan fingerprint density at radius 1 is 0.893 bits per heavy atom. The minimum atomic E-state index is -4.87. The largest absolute Gasteiger partial charge is 0.489 e. The van der Waals surface area contributed by atoms with Crippen LogP contribution in [0.1, 0.15) is 41.7 Å². The molecule has 2 aromatic carbocycles. The van der Waals surface area contributed by atoms with Crippen molar-refractivity contribution in [3.05, 3.63) is 64.2 Å². The van der Waals surface area contributed by atoms with Crippen LogP contribution >= 0.6 is 0 Å². The molecule has 0 aromatic heterocycles. The van der Waals surface area contributed by atoms with Crippen molar-refractivity contribution in [1.29, 1.82) is 0 Å². The molecule has 2 aromatic rings. The second-order valence-electron chi connectivity index (χ2n) is 6.27. The maximum absolute atomic E-state index is 12.9. The Morgan fingerprint density at radius 3 is 2.00 bits per heavy atom. The summed E-state index contributed by atoms with van der Waals surface area (Å²) in [6, 6.07) is 6.81. The first-order chi connectivity index (χ1) is 13.0. The lowest BCUT2D eigenvalue weighted by Gasteiger charge is -2.15. The van der Waals surface area contributed by atoms with Crippen LogP contribution in [-0.4, -0.2) is 11.9 Å². The number of ether oxygens (including phenoxy) is 1. The Morgan fingerprint density at radius 2 is 1.46 bits per heavy atom. The molecule has 0 fully saturated rings. The van der Waals surface area contributed by atoms with Crippen molar-refractivity contribution in [3.63, 3.8) is 0 Å². The van der Waals surface area contributed by atoms with Crippen LogP contribution in [0, 0.1) is 0 Å². The quantitative estimate of drug-likeness (QED) is 0.558. The van der Waals surface area contributed by atoms with E-state index in [1.807, 2.05) is 31.9 Å². The highest BCUT2D eigenvalue weighted by Crippen LogP contribution is 2.37. The van der Waals surface area contributed by atoms with Gasteiger partial charge in [0.15, 0.2) is 0 Å². The Kier molecular flexibility index (Phi) is 6.64. The molecule has 0 saturated heterocycles. The summed E-state index contributed by atoms with van der Waals surface area (Å²) in [6.45, 7) is 4.95. The molecule has 1 aliphatic heterocycles. The minimum absolute atomic E-state index is 0.110. The van der Waals surface area contributed by atoms with Crippen molar-refractivity contribution in [2.24, 2.45) is 0 Å². The first kappa shape index (κ1) is 22.1. The summed E-state index contributed by atoms with van der Waals surface area (Å²) in [5.74, 6) is 0.470. The SMILES string of the molecule is CC.CN1Cc2cccc(OCc3cc(C(F)(F)F)cc(C(F)(F)F)c3)c2C1. The standard InChI is InChI=1S/C18H15F6NO.C2H6/c1-25-8-12-3-2-4-16(15(12)9-25)26-10-11-5-13(17(19,20)21)7-14(6-11)18(22,23)24;1-2/h2-7H,8-10H2,1H3;1-2H3. The third-order valence-corrected chi connectivity index (χ3v) is 4.14. The smallest absolute Gasteiger partial charge is 0.416 e. The number of nitrogens with zero attached hydrogens (tertiary/aromatic N) is 1. The van der Waals surface area contributed by atoms with Crippen molar-refractivity contribution >= 4 is 0 Å². The van der Waals surface area contributed by atoms with Crippen molar-refractivity contribution in [3.8, 4) is 5.75 Å². The van der Waals surface area contributed by atoms with Crippen LogP contribution < -0.4 is 4.74 Å². The molecule has 2 nitrogen and oxygen atoms in total. The van der Waals surface area contributed by atoms with Gasteiger partial charge in [0.25, 0.3) is 0 Å². The fourth-order valence-corrected chi connectivity index (χ4v) is 2.95. The topological polar surface area (TPSA) is 12.5 Å². The number of halogens is 6. The summed E-state index contributed by atoms with van der Waals surface area (Å²) < 4.78 is 83.0. The average Bonchev–Trinajstić information content (AvgIpc) is 3.00. The molecule has 1 heterocycles. The zero-order chi connectivity index (χ0) is 21.1.